The van der Waals surface area contributed by atoms with Crippen LogP contribution in [0.5, 0.6) is 0 Å². The van der Waals surface area contributed by atoms with Gasteiger partial charge in [0.15, 0.2) is 0 Å². The molecule has 1 heterocycles. The van der Waals surface area contributed by atoms with Crippen molar-refractivity contribution in [3.63, 3.8) is 0 Å². The van der Waals surface area contributed by atoms with Gasteiger partial charge in [-0.05, 0) is 53.8 Å². The standard InChI is InChI=1S/C28H32FN3O5/c29-24-12-10-23(11-13-24)25(28(35)32-16-18-37-19-17-32)20-22-7-5-21(6-8-22)9-14-26(33)30-15-3-1-2-4-27(34)31-36/h5-14,20,36H,1-4,15-19H2,(H,30,33)(H,31,34)/b14-9+,25-20+. The molecule has 3 amide bonds. The first-order valence-corrected chi connectivity index (χ1v) is 12.3. The van der Waals surface area contributed by atoms with E-state index in [-0.39, 0.29) is 24.1 Å². The highest BCUT2D eigenvalue weighted by Gasteiger charge is 2.22. The third kappa shape index (κ3) is 9.29. The molecule has 2 aromatic rings. The summed E-state index contributed by atoms with van der Waals surface area (Å²) in [6.07, 6.45) is 7.33. The number of rotatable bonds is 11. The summed E-state index contributed by atoms with van der Waals surface area (Å²) in [5.41, 5.74) is 4.33. The van der Waals surface area contributed by atoms with Crippen molar-refractivity contribution in [3.05, 3.63) is 77.1 Å². The summed E-state index contributed by atoms with van der Waals surface area (Å²) in [6.45, 7) is 2.48. The average Bonchev–Trinajstić information content (AvgIpc) is 2.93. The van der Waals surface area contributed by atoms with Crippen molar-refractivity contribution in [1.29, 1.82) is 0 Å². The van der Waals surface area contributed by atoms with Gasteiger partial charge in [-0.25, -0.2) is 9.87 Å². The lowest BCUT2D eigenvalue weighted by atomic mass is 10.0. The van der Waals surface area contributed by atoms with E-state index in [0.717, 1.165) is 24.0 Å². The first-order valence-electron chi connectivity index (χ1n) is 12.3. The summed E-state index contributed by atoms with van der Waals surface area (Å²) in [7, 11) is 0. The van der Waals surface area contributed by atoms with Gasteiger partial charge in [-0.1, -0.05) is 42.8 Å². The molecule has 0 atom stereocenters. The van der Waals surface area contributed by atoms with E-state index in [4.69, 9.17) is 9.94 Å². The predicted octanol–water partition coefficient (Wildman–Crippen LogP) is 3.42. The molecule has 0 aromatic heterocycles. The number of hydroxylamine groups is 1. The third-order valence-corrected chi connectivity index (χ3v) is 5.86. The van der Waals surface area contributed by atoms with Crippen molar-refractivity contribution in [2.24, 2.45) is 0 Å². The van der Waals surface area contributed by atoms with E-state index in [1.807, 2.05) is 24.3 Å². The number of benzene rings is 2. The number of hydrogen-bond donors (Lipinski definition) is 3. The van der Waals surface area contributed by atoms with E-state index >= 15 is 0 Å². The molecular formula is C28H32FN3O5. The van der Waals surface area contributed by atoms with Gasteiger partial charge in [0.2, 0.25) is 11.8 Å². The SMILES string of the molecule is O=C(/C=C/c1ccc(/C=C(/C(=O)N2CCOCC2)c2ccc(F)cc2)cc1)NCCCCCC(=O)NO. The van der Waals surface area contributed by atoms with Crippen molar-refractivity contribution in [2.75, 3.05) is 32.8 Å². The first-order chi connectivity index (χ1) is 18.0. The molecule has 0 unspecified atom stereocenters. The second-order valence-electron chi connectivity index (χ2n) is 8.61. The molecule has 2 aromatic carbocycles. The summed E-state index contributed by atoms with van der Waals surface area (Å²) in [5.74, 6) is -1.13. The maximum Gasteiger partial charge on any atom is 0.254 e. The van der Waals surface area contributed by atoms with Crippen LogP contribution in [0.3, 0.4) is 0 Å². The highest BCUT2D eigenvalue weighted by molar-refractivity contribution is 6.24. The molecule has 1 fully saturated rings. The quantitative estimate of drug-likeness (QED) is 0.141. The third-order valence-electron chi connectivity index (χ3n) is 5.86. The van der Waals surface area contributed by atoms with Crippen molar-refractivity contribution in [2.45, 2.75) is 25.7 Å². The fraction of sp³-hybridized carbons (Fsp3) is 0.321. The van der Waals surface area contributed by atoms with Crippen LogP contribution in [0, 0.1) is 5.82 Å². The van der Waals surface area contributed by atoms with Gasteiger partial charge < -0.3 is 15.0 Å². The molecule has 3 N–H and O–H groups in total. The Balaban J connectivity index is 1.59. The molecule has 196 valence electrons. The number of carbonyl (C=O) groups is 3. The minimum Gasteiger partial charge on any atom is -0.378 e. The van der Waals surface area contributed by atoms with E-state index in [9.17, 15) is 18.8 Å². The number of nitrogens with one attached hydrogen (secondary N) is 2. The molecule has 37 heavy (non-hydrogen) atoms. The van der Waals surface area contributed by atoms with Gasteiger partial charge in [-0.15, -0.1) is 0 Å². The number of halogens is 1. The van der Waals surface area contributed by atoms with Crippen LogP contribution in [-0.2, 0) is 19.1 Å². The predicted molar refractivity (Wildman–Crippen MR) is 139 cm³/mol. The molecular weight excluding hydrogens is 477 g/mol. The number of hydrogen-bond acceptors (Lipinski definition) is 5. The monoisotopic (exact) mass is 509 g/mol. The van der Waals surface area contributed by atoms with Crippen LogP contribution >= 0.6 is 0 Å². The number of unbranched alkanes of at least 4 members (excludes halogenated alkanes) is 2. The van der Waals surface area contributed by atoms with Crippen LogP contribution in [0.4, 0.5) is 4.39 Å². The van der Waals surface area contributed by atoms with Crippen molar-refractivity contribution in [1.82, 2.24) is 15.7 Å². The van der Waals surface area contributed by atoms with Crippen LogP contribution in [-0.4, -0.2) is 60.7 Å². The highest BCUT2D eigenvalue weighted by Crippen LogP contribution is 2.22. The van der Waals surface area contributed by atoms with E-state index in [2.05, 4.69) is 5.32 Å². The smallest absolute Gasteiger partial charge is 0.254 e. The number of amides is 3. The lowest BCUT2D eigenvalue weighted by Crippen LogP contribution is -2.41. The first kappa shape index (κ1) is 27.8. The number of morpholine rings is 1. The molecule has 0 saturated carbocycles. The second-order valence-corrected chi connectivity index (χ2v) is 8.61. The van der Waals surface area contributed by atoms with Crippen LogP contribution in [0.15, 0.2) is 54.6 Å². The maximum absolute atomic E-state index is 13.5. The zero-order chi connectivity index (χ0) is 26.5. The number of ether oxygens (including phenoxy) is 1. The van der Waals surface area contributed by atoms with Gasteiger partial charge in [0.05, 0.1) is 13.2 Å². The Morgan fingerprint density at radius 2 is 1.62 bits per heavy atom. The van der Waals surface area contributed by atoms with E-state index in [0.29, 0.717) is 50.4 Å². The molecule has 0 radical (unpaired) electrons. The Bertz CT molecular complexity index is 1110. The number of nitrogens with zero attached hydrogens (tertiary/aromatic N) is 1. The minimum absolute atomic E-state index is 0.132. The molecule has 9 heteroatoms. The van der Waals surface area contributed by atoms with E-state index in [1.54, 1.807) is 34.7 Å². The second kappa shape index (κ2) is 14.7. The molecule has 3 rings (SSSR count). The lowest BCUT2D eigenvalue weighted by molar-refractivity contribution is -0.129. The largest absolute Gasteiger partial charge is 0.378 e. The van der Waals surface area contributed by atoms with Gasteiger partial charge in [0, 0.05) is 37.7 Å². The van der Waals surface area contributed by atoms with Crippen LogP contribution in [0.2, 0.25) is 0 Å². The van der Waals surface area contributed by atoms with E-state index in [1.165, 1.54) is 18.2 Å². The Kier molecular flexibility index (Phi) is 11.0. The zero-order valence-electron chi connectivity index (χ0n) is 20.6. The molecule has 1 saturated heterocycles. The Hall–Kier alpha value is -3.82. The minimum atomic E-state index is -0.413. The Labute approximate surface area is 215 Å². The molecule has 1 aliphatic heterocycles. The molecule has 0 spiro atoms. The van der Waals surface area contributed by atoms with Gasteiger partial charge in [0.1, 0.15) is 5.82 Å². The van der Waals surface area contributed by atoms with Crippen molar-refractivity contribution >= 4 is 35.4 Å². The fourth-order valence-electron chi connectivity index (χ4n) is 3.79. The summed E-state index contributed by atoms with van der Waals surface area (Å²) in [6, 6.07) is 13.3. The average molecular weight is 510 g/mol. The molecule has 8 nitrogen and oxygen atoms in total. The van der Waals surface area contributed by atoms with Crippen LogP contribution in [0.25, 0.3) is 17.7 Å². The van der Waals surface area contributed by atoms with E-state index < -0.39 is 5.91 Å². The topological polar surface area (TPSA) is 108 Å². The molecule has 1 aliphatic rings. The van der Waals surface area contributed by atoms with Gasteiger partial charge in [-0.2, -0.15) is 0 Å². The van der Waals surface area contributed by atoms with Gasteiger partial charge in [0.25, 0.3) is 5.91 Å². The lowest BCUT2D eigenvalue weighted by Gasteiger charge is -2.28. The van der Waals surface area contributed by atoms with Crippen LogP contribution in [0.1, 0.15) is 42.4 Å². The van der Waals surface area contributed by atoms with Gasteiger partial charge in [-0.3, -0.25) is 19.6 Å². The highest BCUT2D eigenvalue weighted by atomic mass is 19.1. The van der Waals surface area contributed by atoms with Gasteiger partial charge >= 0.3 is 0 Å². The van der Waals surface area contributed by atoms with Crippen LogP contribution < -0.4 is 10.8 Å². The Morgan fingerprint density at radius 3 is 2.30 bits per heavy atom. The molecule has 0 aliphatic carbocycles. The molecule has 0 bridgehead atoms. The van der Waals surface area contributed by atoms with Crippen molar-refractivity contribution < 1.29 is 28.7 Å². The fourth-order valence-corrected chi connectivity index (χ4v) is 3.79. The summed E-state index contributed by atoms with van der Waals surface area (Å²) in [4.78, 5) is 38.0. The maximum atomic E-state index is 13.5. The zero-order valence-corrected chi connectivity index (χ0v) is 20.6. The summed E-state index contributed by atoms with van der Waals surface area (Å²) in [5, 5.41) is 11.2. The van der Waals surface area contributed by atoms with Crippen molar-refractivity contribution in [3.8, 4) is 0 Å². The summed E-state index contributed by atoms with van der Waals surface area (Å²) >= 11 is 0. The Morgan fingerprint density at radius 1 is 0.946 bits per heavy atom. The number of carbonyl (C=O) groups excluding carboxylic acids is 3. The normalized spacial score (nSPS) is 14.0. The summed E-state index contributed by atoms with van der Waals surface area (Å²) < 4.78 is 18.8.